The Morgan fingerprint density at radius 2 is 2.06 bits per heavy atom. The van der Waals surface area contributed by atoms with Gasteiger partial charge in [-0.1, -0.05) is 19.8 Å². The quantitative estimate of drug-likeness (QED) is 0.815. The lowest BCUT2D eigenvalue weighted by atomic mass is 9.92. The molecule has 0 radical (unpaired) electrons. The van der Waals surface area contributed by atoms with Gasteiger partial charge in [0.1, 0.15) is 5.82 Å². The van der Waals surface area contributed by atoms with Crippen LogP contribution in [0.2, 0.25) is 0 Å². The van der Waals surface area contributed by atoms with E-state index in [0.29, 0.717) is 5.69 Å². The summed E-state index contributed by atoms with van der Waals surface area (Å²) in [4.78, 5) is 2.28. The topological polar surface area (TPSA) is 29.3 Å². The van der Waals surface area contributed by atoms with Crippen molar-refractivity contribution in [3.8, 4) is 0 Å². The summed E-state index contributed by atoms with van der Waals surface area (Å²) in [5.74, 6) is 0.602. The largest absolute Gasteiger partial charge is 0.397 e. The highest BCUT2D eigenvalue weighted by Crippen LogP contribution is 2.29. The van der Waals surface area contributed by atoms with Crippen LogP contribution in [0.15, 0.2) is 18.2 Å². The highest BCUT2D eigenvalue weighted by Gasteiger charge is 2.19. The molecule has 0 aliphatic carbocycles. The molecule has 2 nitrogen and oxygen atoms in total. The van der Waals surface area contributed by atoms with Crippen molar-refractivity contribution in [1.82, 2.24) is 0 Å². The predicted molar refractivity (Wildman–Crippen MR) is 70.7 cm³/mol. The molecule has 1 saturated heterocycles. The van der Waals surface area contributed by atoms with Gasteiger partial charge in [0, 0.05) is 13.1 Å². The maximum absolute atomic E-state index is 13.0. The van der Waals surface area contributed by atoms with Crippen molar-refractivity contribution >= 4 is 11.4 Å². The molecular formula is C14H21FN2. The molecule has 3 heteroatoms. The fourth-order valence-corrected chi connectivity index (χ4v) is 2.68. The smallest absolute Gasteiger partial charge is 0.125 e. The minimum atomic E-state index is -0.257. The fourth-order valence-electron chi connectivity index (χ4n) is 2.68. The Hall–Kier alpha value is -1.25. The number of nitrogens with two attached hydrogens (primary N) is 1. The normalized spacial score (nSPS) is 17.4. The van der Waals surface area contributed by atoms with Gasteiger partial charge in [-0.25, -0.2) is 4.39 Å². The van der Waals surface area contributed by atoms with Gasteiger partial charge in [-0.2, -0.15) is 0 Å². The van der Waals surface area contributed by atoms with E-state index in [1.54, 1.807) is 6.07 Å². The molecule has 0 spiro atoms. The molecule has 1 aliphatic rings. The van der Waals surface area contributed by atoms with Crippen molar-refractivity contribution in [2.24, 2.45) is 5.92 Å². The molecule has 0 aromatic heterocycles. The summed E-state index contributed by atoms with van der Waals surface area (Å²) in [6, 6.07) is 4.70. The van der Waals surface area contributed by atoms with Crippen LogP contribution in [0.25, 0.3) is 0 Å². The molecule has 1 aliphatic heterocycles. The second-order valence-corrected chi connectivity index (χ2v) is 4.92. The third-order valence-electron chi connectivity index (χ3n) is 3.64. The number of benzene rings is 1. The fraction of sp³-hybridized carbons (Fsp3) is 0.571. The molecule has 0 saturated carbocycles. The van der Waals surface area contributed by atoms with Gasteiger partial charge in [0.15, 0.2) is 0 Å². The monoisotopic (exact) mass is 236 g/mol. The van der Waals surface area contributed by atoms with Crippen molar-refractivity contribution < 1.29 is 4.39 Å². The zero-order valence-electron chi connectivity index (χ0n) is 10.5. The second-order valence-electron chi connectivity index (χ2n) is 4.92. The molecule has 1 fully saturated rings. The van der Waals surface area contributed by atoms with E-state index >= 15 is 0 Å². The number of nitrogen functional groups attached to an aromatic ring is 1. The average Bonchev–Trinajstić information content (AvgIpc) is 2.31. The summed E-state index contributed by atoms with van der Waals surface area (Å²) >= 11 is 0. The van der Waals surface area contributed by atoms with E-state index in [4.69, 9.17) is 5.73 Å². The molecule has 0 unspecified atom stereocenters. The van der Waals surface area contributed by atoms with Crippen molar-refractivity contribution in [2.45, 2.75) is 32.6 Å². The molecule has 2 N–H and O–H groups in total. The van der Waals surface area contributed by atoms with Gasteiger partial charge in [0.2, 0.25) is 0 Å². The number of halogens is 1. The van der Waals surface area contributed by atoms with Gasteiger partial charge < -0.3 is 10.6 Å². The van der Waals surface area contributed by atoms with Gasteiger partial charge >= 0.3 is 0 Å². The Morgan fingerprint density at radius 3 is 2.65 bits per heavy atom. The Balaban J connectivity index is 2.00. The van der Waals surface area contributed by atoms with Crippen LogP contribution >= 0.6 is 0 Å². The summed E-state index contributed by atoms with van der Waals surface area (Å²) in [5, 5.41) is 0. The van der Waals surface area contributed by atoms with Crippen LogP contribution in [0.4, 0.5) is 15.8 Å². The average molecular weight is 236 g/mol. The second kappa shape index (κ2) is 5.39. The number of rotatable bonds is 3. The Bertz CT molecular complexity index is 370. The van der Waals surface area contributed by atoms with Crippen molar-refractivity contribution in [2.75, 3.05) is 23.7 Å². The van der Waals surface area contributed by atoms with Crippen LogP contribution < -0.4 is 10.6 Å². The molecule has 1 heterocycles. The highest BCUT2D eigenvalue weighted by molar-refractivity contribution is 5.67. The van der Waals surface area contributed by atoms with Crippen LogP contribution in [0, 0.1) is 11.7 Å². The van der Waals surface area contributed by atoms with E-state index in [1.165, 1.54) is 37.8 Å². The third kappa shape index (κ3) is 2.90. The van der Waals surface area contributed by atoms with E-state index in [2.05, 4.69) is 11.8 Å². The number of hydrogen-bond acceptors (Lipinski definition) is 2. The molecule has 17 heavy (non-hydrogen) atoms. The summed E-state index contributed by atoms with van der Waals surface area (Å²) < 4.78 is 13.0. The first kappa shape index (κ1) is 12.2. The van der Waals surface area contributed by atoms with E-state index in [1.807, 2.05) is 0 Å². The van der Waals surface area contributed by atoms with Gasteiger partial charge in [0.25, 0.3) is 0 Å². The van der Waals surface area contributed by atoms with Gasteiger partial charge in [-0.3, -0.25) is 0 Å². The number of piperidine rings is 1. The van der Waals surface area contributed by atoms with Gasteiger partial charge in [0.05, 0.1) is 11.4 Å². The Kier molecular flexibility index (Phi) is 3.87. The van der Waals surface area contributed by atoms with Crippen LogP contribution in [-0.2, 0) is 0 Å². The number of anilines is 2. The zero-order chi connectivity index (χ0) is 12.3. The van der Waals surface area contributed by atoms with E-state index in [9.17, 15) is 4.39 Å². The maximum atomic E-state index is 13.0. The van der Waals surface area contributed by atoms with Crippen molar-refractivity contribution in [3.05, 3.63) is 24.0 Å². The van der Waals surface area contributed by atoms with Crippen molar-refractivity contribution in [1.29, 1.82) is 0 Å². The lowest BCUT2D eigenvalue weighted by Crippen LogP contribution is -2.34. The Labute approximate surface area is 103 Å². The molecule has 0 amide bonds. The summed E-state index contributed by atoms with van der Waals surface area (Å²) in [7, 11) is 0. The highest BCUT2D eigenvalue weighted by atomic mass is 19.1. The van der Waals surface area contributed by atoms with Crippen LogP contribution in [0.1, 0.15) is 32.6 Å². The van der Waals surface area contributed by atoms with Crippen LogP contribution in [0.5, 0.6) is 0 Å². The lowest BCUT2D eigenvalue weighted by molar-refractivity contribution is 0.378. The zero-order valence-corrected chi connectivity index (χ0v) is 10.5. The molecular weight excluding hydrogens is 215 g/mol. The molecule has 2 rings (SSSR count). The van der Waals surface area contributed by atoms with E-state index in [0.717, 1.165) is 24.7 Å². The first-order valence-electron chi connectivity index (χ1n) is 6.50. The van der Waals surface area contributed by atoms with Gasteiger partial charge in [-0.05, 0) is 37.0 Å². The summed E-state index contributed by atoms with van der Waals surface area (Å²) in [6.07, 6.45) is 5.05. The lowest BCUT2D eigenvalue weighted by Gasteiger charge is -2.34. The summed E-state index contributed by atoms with van der Waals surface area (Å²) in [5.41, 5.74) is 7.41. The van der Waals surface area contributed by atoms with E-state index in [-0.39, 0.29) is 5.82 Å². The van der Waals surface area contributed by atoms with Crippen LogP contribution in [-0.4, -0.2) is 13.1 Å². The summed E-state index contributed by atoms with van der Waals surface area (Å²) in [6.45, 7) is 4.32. The molecule has 1 aromatic carbocycles. The Morgan fingerprint density at radius 1 is 1.35 bits per heavy atom. The van der Waals surface area contributed by atoms with E-state index < -0.39 is 0 Å². The molecule has 0 atom stereocenters. The first-order valence-corrected chi connectivity index (χ1v) is 6.50. The first-order chi connectivity index (χ1) is 8.20. The number of hydrogen-bond donors (Lipinski definition) is 1. The van der Waals surface area contributed by atoms with Crippen LogP contribution in [0.3, 0.4) is 0 Å². The number of nitrogens with zero attached hydrogens (tertiary/aromatic N) is 1. The molecule has 0 bridgehead atoms. The maximum Gasteiger partial charge on any atom is 0.125 e. The predicted octanol–water partition coefficient (Wildman–Crippen LogP) is 3.42. The minimum absolute atomic E-state index is 0.257. The van der Waals surface area contributed by atoms with Gasteiger partial charge in [-0.15, -0.1) is 0 Å². The third-order valence-corrected chi connectivity index (χ3v) is 3.64. The minimum Gasteiger partial charge on any atom is -0.397 e. The molecule has 1 aromatic rings. The SMILES string of the molecule is CCCC1CCN(c2ccc(F)cc2N)CC1. The standard InChI is InChI=1S/C14H21FN2/c1-2-3-11-6-8-17(9-7-11)14-5-4-12(15)10-13(14)16/h4-5,10-11H,2-3,6-9,16H2,1H3. The molecule has 94 valence electrons. The van der Waals surface area contributed by atoms with Crippen molar-refractivity contribution in [3.63, 3.8) is 0 Å².